The monoisotopic (exact) mass is 340 g/mol. The SMILES string of the molecule is NC1=N[C@]2(CCOc3ccc(NC(=O)c4ccccn4)cc32)CS1. The lowest BCUT2D eigenvalue weighted by molar-refractivity contribution is 0.102. The average Bonchev–Trinajstić information content (AvgIpc) is 2.98. The van der Waals surface area contributed by atoms with Crippen molar-refractivity contribution in [2.75, 3.05) is 17.7 Å². The van der Waals surface area contributed by atoms with E-state index in [0.29, 0.717) is 23.2 Å². The van der Waals surface area contributed by atoms with Crippen LogP contribution in [-0.4, -0.2) is 28.4 Å². The molecular formula is C17H16N4O2S. The largest absolute Gasteiger partial charge is 0.493 e. The van der Waals surface area contributed by atoms with Crippen LogP contribution in [0.15, 0.2) is 47.6 Å². The first-order valence-corrected chi connectivity index (χ1v) is 8.63. The van der Waals surface area contributed by atoms with Crippen LogP contribution in [0, 0.1) is 0 Å². The molecule has 0 saturated heterocycles. The van der Waals surface area contributed by atoms with Crippen molar-refractivity contribution >= 4 is 28.5 Å². The highest BCUT2D eigenvalue weighted by atomic mass is 32.2. The van der Waals surface area contributed by atoms with E-state index in [1.165, 1.54) is 0 Å². The third-order valence-corrected chi connectivity index (χ3v) is 5.20. The minimum Gasteiger partial charge on any atom is -0.493 e. The number of rotatable bonds is 2. The smallest absolute Gasteiger partial charge is 0.274 e. The number of hydrogen-bond donors (Lipinski definition) is 2. The molecule has 2 aliphatic rings. The number of ether oxygens (including phenoxy) is 1. The number of nitrogens with one attached hydrogen (secondary N) is 1. The molecule has 1 aromatic heterocycles. The van der Waals surface area contributed by atoms with E-state index < -0.39 is 0 Å². The van der Waals surface area contributed by atoms with Crippen LogP contribution in [-0.2, 0) is 5.54 Å². The summed E-state index contributed by atoms with van der Waals surface area (Å²) in [5.41, 5.74) is 7.58. The van der Waals surface area contributed by atoms with Gasteiger partial charge in [0.2, 0.25) is 0 Å². The van der Waals surface area contributed by atoms with Gasteiger partial charge in [-0.3, -0.25) is 14.8 Å². The Bertz CT molecular complexity index is 825. The Balaban J connectivity index is 1.65. The lowest BCUT2D eigenvalue weighted by atomic mass is 9.86. The number of benzene rings is 1. The molecule has 1 spiro atoms. The maximum absolute atomic E-state index is 12.3. The second-order valence-electron chi connectivity index (χ2n) is 5.75. The lowest BCUT2D eigenvalue weighted by Crippen LogP contribution is -2.32. The lowest BCUT2D eigenvalue weighted by Gasteiger charge is -2.32. The zero-order valence-electron chi connectivity index (χ0n) is 12.9. The minimum atomic E-state index is -0.353. The van der Waals surface area contributed by atoms with Crippen LogP contribution in [0.25, 0.3) is 0 Å². The molecule has 7 heteroatoms. The van der Waals surface area contributed by atoms with E-state index in [1.54, 1.807) is 36.2 Å². The first-order valence-electron chi connectivity index (χ1n) is 7.64. The van der Waals surface area contributed by atoms with Gasteiger partial charge in [0.1, 0.15) is 17.0 Å². The van der Waals surface area contributed by atoms with Gasteiger partial charge in [-0.05, 0) is 30.3 Å². The molecule has 0 unspecified atom stereocenters. The van der Waals surface area contributed by atoms with Gasteiger partial charge < -0.3 is 15.8 Å². The number of hydrogen-bond acceptors (Lipinski definition) is 6. The van der Waals surface area contributed by atoms with E-state index in [2.05, 4.69) is 15.3 Å². The van der Waals surface area contributed by atoms with Gasteiger partial charge in [0.05, 0.1) is 6.61 Å². The summed E-state index contributed by atoms with van der Waals surface area (Å²) < 4.78 is 5.75. The molecule has 1 atom stereocenters. The number of aromatic nitrogens is 1. The Morgan fingerprint density at radius 1 is 1.33 bits per heavy atom. The van der Waals surface area contributed by atoms with Crippen molar-refractivity contribution < 1.29 is 9.53 Å². The van der Waals surface area contributed by atoms with Crippen LogP contribution < -0.4 is 15.8 Å². The van der Waals surface area contributed by atoms with Gasteiger partial charge in [-0.2, -0.15) is 0 Å². The van der Waals surface area contributed by atoms with Gasteiger partial charge in [-0.1, -0.05) is 17.8 Å². The van der Waals surface area contributed by atoms with Crippen molar-refractivity contribution in [1.82, 2.24) is 4.98 Å². The zero-order chi connectivity index (χ0) is 16.6. The Kier molecular flexibility index (Phi) is 3.65. The second-order valence-corrected chi connectivity index (χ2v) is 6.74. The Morgan fingerprint density at radius 3 is 3.00 bits per heavy atom. The first-order chi connectivity index (χ1) is 11.7. The maximum atomic E-state index is 12.3. The fourth-order valence-electron chi connectivity index (χ4n) is 2.99. The summed E-state index contributed by atoms with van der Waals surface area (Å²) >= 11 is 1.56. The number of carbonyl (C=O) groups is 1. The second kappa shape index (κ2) is 5.83. The van der Waals surface area contributed by atoms with Crippen LogP contribution in [0.4, 0.5) is 5.69 Å². The van der Waals surface area contributed by atoms with E-state index in [-0.39, 0.29) is 11.4 Å². The van der Waals surface area contributed by atoms with Gasteiger partial charge in [0.15, 0.2) is 5.17 Å². The number of thioether (sulfide) groups is 1. The Hall–Kier alpha value is -2.54. The van der Waals surface area contributed by atoms with Crippen LogP contribution >= 0.6 is 11.8 Å². The molecule has 1 amide bonds. The summed E-state index contributed by atoms with van der Waals surface area (Å²) in [6, 6.07) is 10.9. The quantitative estimate of drug-likeness (QED) is 0.876. The molecular weight excluding hydrogens is 324 g/mol. The molecule has 3 N–H and O–H groups in total. The van der Waals surface area contributed by atoms with Crippen molar-refractivity contribution in [2.24, 2.45) is 10.7 Å². The summed E-state index contributed by atoms with van der Waals surface area (Å²) in [4.78, 5) is 21.0. The minimum absolute atomic E-state index is 0.245. The third-order valence-electron chi connectivity index (χ3n) is 4.19. The number of amides is 1. The standard InChI is InChI=1S/C17H16N4O2S/c18-16-21-17(10-24-16)6-8-23-14-5-4-11(9-12(14)17)20-15(22)13-3-1-2-7-19-13/h1-5,7,9H,6,8,10H2,(H2,18,21)(H,20,22)/t17-/m1/s1. The van der Waals surface area contributed by atoms with Crippen LogP contribution in [0.1, 0.15) is 22.5 Å². The van der Waals surface area contributed by atoms with E-state index in [0.717, 1.165) is 23.5 Å². The number of nitrogens with zero attached hydrogens (tertiary/aromatic N) is 2. The third kappa shape index (κ3) is 2.60. The van der Waals surface area contributed by atoms with E-state index >= 15 is 0 Å². The molecule has 0 radical (unpaired) electrons. The number of pyridine rings is 1. The summed E-state index contributed by atoms with van der Waals surface area (Å²) in [6.45, 7) is 0.615. The van der Waals surface area contributed by atoms with Crippen molar-refractivity contribution in [2.45, 2.75) is 12.0 Å². The highest BCUT2D eigenvalue weighted by Gasteiger charge is 2.41. The predicted octanol–water partition coefficient (Wildman–Crippen LogP) is 2.37. The van der Waals surface area contributed by atoms with E-state index in [9.17, 15) is 4.79 Å². The number of carbonyl (C=O) groups excluding carboxylic acids is 1. The van der Waals surface area contributed by atoms with Gasteiger partial charge >= 0.3 is 0 Å². The van der Waals surface area contributed by atoms with Crippen molar-refractivity contribution in [1.29, 1.82) is 0 Å². The zero-order valence-corrected chi connectivity index (χ0v) is 13.7. The predicted molar refractivity (Wildman–Crippen MR) is 94.5 cm³/mol. The van der Waals surface area contributed by atoms with Gasteiger partial charge in [0.25, 0.3) is 5.91 Å². The molecule has 2 aliphatic heterocycles. The van der Waals surface area contributed by atoms with Crippen molar-refractivity contribution in [3.63, 3.8) is 0 Å². The average molecular weight is 340 g/mol. The van der Waals surface area contributed by atoms with Crippen molar-refractivity contribution in [3.05, 3.63) is 53.9 Å². The van der Waals surface area contributed by atoms with Crippen LogP contribution in [0.2, 0.25) is 0 Å². The highest BCUT2D eigenvalue weighted by Crippen LogP contribution is 2.46. The molecule has 4 rings (SSSR count). The molecule has 2 aromatic rings. The van der Waals surface area contributed by atoms with Crippen LogP contribution in [0.5, 0.6) is 5.75 Å². The molecule has 0 fully saturated rings. The van der Waals surface area contributed by atoms with Crippen molar-refractivity contribution in [3.8, 4) is 5.75 Å². The topological polar surface area (TPSA) is 89.6 Å². The number of aliphatic imine (C=N–C) groups is 1. The molecule has 0 bridgehead atoms. The maximum Gasteiger partial charge on any atom is 0.274 e. The number of nitrogens with two attached hydrogens (primary N) is 1. The van der Waals surface area contributed by atoms with Gasteiger partial charge in [-0.15, -0.1) is 0 Å². The normalized spacial score (nSPS) is 21.8. The Morgan fingerprint density at radius 2 is 2.25 bits per heavy atom. The molecule has 3 heterocycles. The number of fused-ring (bicyclic) bond motifs is 2. The van der Waals surface area contributed by atoms with Gasteiger partial charge in [-0.25, -0.2) is 0 Å². The molecule has 24 heavy (non-hydrogen) atoms. The fraction of sp³-hybridized carbons (Fsp3) is 0.235. The number of anilines is 1. The molecule has 1 aromatic carbocycles. The summed E-state index contributed by atoms with van der Waals surface area (Å²) in [5.74, 6) is 1.36. The summed E-state index contributed by atoms with van der Waals surface area (Å²) in [7, 11) is 0. The summed E-state index contributed by atoms with van der Waals surface area (Å²) in [6.07, 6.45) is 2.38. The summed E-state index contributed by atoms with van der Waals surface area (Å²) in [5, 5.41) is 3.48. The first kappa shape index (κ1) is 15.0. The number of amidine groups is 1. The van der Waals surface area contributed by atoms with E-state index in [4.69, 9.17) is 10.5 Å². The van der Waals surface area contributed by atoms with Gasteiger partial charge in [0, 0.05) is 29.6 Å². The van der Waals surface area contributed by atoms with Crippen LogP contribution in [0.3, 0.4) is 0 Å². The highest BCUT2D eigenvalue weighted by molar-refractivity contribution is 8.14. The molecule has 6 nitrogen and oxygen atoms in total. The fourth-order valence-corrected chi connectivity index (χ4v) is 3.98. The molecule has 0 saturated carbocycles. The molecule has 122 valence electrons. The molecule has 0 aliphatic carbocycles. The Labute approximate surface area is 143 Å². The van der Waals surface area contributed by atoms with E-state index in [1.807, 2.05) is 18.2 Å².